The minimum Gasteiger partial charge on any atom is -0.392 e. The smallest absolute Gasteiger partial charge is 0.0687 e. The first-order valence-corrected chi connectivity index (χ1v) is 6.12. The van der Waals surface area contributed by atoms with Gasteiger partial charge in [-0.3, -0.25) is 0 Å². The predicted octanol–water partition coefficient (Wildman–Crippen LogP) is 2.27. The molecule has 1 unspecified atom stereocenters. The van der Waals surface area contributed by atoms with Crippen molar-refractivity contribution >= 4 is 10.9 Å². The van der Waals surface area contributed by atoms with Gasteiger partial charge < -0.3 is 15.4 Å². The van der Waals surface area contributed by atoms with Gasteiger partial charge in [-0.1, -0.05) is 32.0 Å². The van der Waals surface area contributed by atoms with Crippen molar-refractivity contribution in [2.24, 2.45) is 5.92 Å². The molecule has 2 rings (SSSR count). The van der Waals surface area contributed by atoms with Crippen LogP contribution in [0.5, 0.6) is 0 Å². The fourth-order valence-corrected chi connectivity index (χ4v) is 1.87. The van der Waals surface area contributed by atoms with Crippen LogP contribution in [0.1, 0.15) is 19.4 Å². The summed E-state index contributed by atoms with van der Waals surface area (Å²) in [6.07, 6.45) is 1.75. The van der Waals surface area contributed by atoms with Crippen LogP contribution in [0.25, 0.3) is 10.9 Å². The normalized spacial score (nSPS) is 13.4. The molecule has 3 N–H and O–H groups in total. The molecule has 0 fully saturated rings. The van der Waals surface area contributed by atoms with Gasteiger partial charge in [0.1, 0.15) is 0 Å². The molecule has 0 amide bonds. The number of aliphatic hydroxyl groups excluding tert-OH is 1. The van der Waals surface area contributed by atoms with Crippen LogP contribution >= 0.6 is 0 Å². The van der Waals surface area contributed by atoms with Gasteiger partial charge in [0.2, 0.25) is 0 Å². The number of rotatable bonds is 5. The molecule has 3 nitrogen and oxygen atoms in total. The minimum absolute atomic E-state index is 0.278. The lowest BCUT2D eigenvalue weighted by atomic mass is 10.1. The van der Waals surface area contributed by atoms with E-state index in [1.807, 2.05) is 32.2 Å². The van der Waals surface area contributed by atoms with Crippen LogP contribution in [0, 0.1) is 5.92 Å². The molecular weight excluding hydrogens is 212 g/mol. The number of aliphatic hydroxyl groups is 1. The standard InChI is InChI=1S/C14H20N2O/c1-10(2)14(17)9-15-7-11-8-16-13-6-4-3-5-12(11)13/h3-6,8,10,14-17H,7,9H2,1-2H3. The van der Waals surface area contributed by atoms with E-state index in [2.05, 4.69) is 22.4 Å². The third kappa shape index (κ3) is 2.87. The van der Waals surface area contributed by atoms with E-state index in [-0.39, 0.29) is 6.10 Å². The molecule has 1 heterocycles. The van der Waals surface area contributed by atoms with Gasteiger partial charge in [0.25, 0.3) is 0 Å². The van der Waals surface area contributed by atoms with E-state index in [1.54, 1.807) is 0 Å². The van der Waals surface area contributed by atoms with Crippen molar-refractivity contribution in [2.45, 2.75) is 26.5 Å². The van der Waals surface area contributed by atoms with Gasteiger partial charge in [-0.15, -0.1) is 0 Å². The number of hydrogen-bond acceptors (Lipinski definition) is 2. The lowest BCUT2D eigenvalue weighted by Crippen LogP contribution is -2.30. The Kier molecular flexibility index (Phi) is 3.82. The summed E-state index contributed by atoms with van der Waals surface area (Å²) in [5.74, 6) is 0.297. The Morgan fingerprint density at radius 2 is 2.06 bits per heavy atom. The van der Waals surface area contributed by atoms with Gasteiger partial charge >= 0.3 is 0 Å². The Hall–Kier alpha value is -1.32. The molecular formula is C14H20N2O. The Morgan fingerprint density at radius 1 is 1.29 bits per heavy atom. The zero-order chi connectivity index (χ0) is 12.3. The van der Waals surface area contributed by atoms with Crippen LogP contribution in [0.15, 0.2) is 30.5 Å². The molecule has 92 valence electrons. The topological polar surface area (TPSA) is 48.0 Å². The van der Waals surface area contributed by atoms with E-state index >= 15 is 0 Å². The molecule has 1 aromatic carbocycles. The lowest BCUT2D eigenvalue weighted by molar-refractivity contribution is 0.123. The maximum absolute atomic E-state index is 9.70. The maximum atomic E-state index is 9.70. The molecule has 2 aromatic rings. The Labute approximate surface area is 102 Å². The van der Waals surface area contributed by atoms with Gasteiger partial charge in [-0.25, -0.2) is 0 Å². The van der Waals surface area contributed by atoms with E-state index in [4.69, 9.17) is 0 Å². The summed E-state index contributed by atoms with van der Waals surface area (Å²) >= 11 is 0. The van der Waals surface area contributed by atoms with Crippen molar-refractivity contribution in [3.05, 3.63) is 36.0 Å². The van der Waals surface area contributed by atoms with E-state index in [0.29, 0.717) is 12.5 Å². The van der Waals surface area contributed by atoms with Crippen molar-refractivity contribution < 1.29 is 5.11 Å². The molecule has 0 radical (unpaired) electrons. The number of para-hydroxylation sites is 1. The summed E-state index contributed by atoms with van der Waals surface area (Å²) < 4.78 is 0. The van der Waals surface area contributed by atoms with Gasteiger partial charge in [0.05, 0.1) is 6.10 Å². The molecule has 0 spiro atoms. The largest absolute Gasteiger partial charge is 0.392 e. The third-order valence-corrected chi connectivity index (χ3v) is 3.11. The summed E-state index contributed by atoms with van der Waals surface area (Å²) in [4.78, 5) is 3.25. The first-order valence-electron chi connectivity index (χ1n) is 6.12. The first kappa shape index (κ1) is 12.1. The molecule has 1 aromatic heterocycles. The van der Waals surface area contributed by atoms with Crippen LogP contribution in [0.2, 0.25) is 0 Å². The van der Waals surface area contributed by atoms with Gasteiger partial charge in [-0.2, -0.15) is 0 Å². The molecule has 1 atom stereocenters. The van der Waals surface area contributed by atoms with Crippen LogP contribution in [0.3, 0.4) is 0 Å². The number of benzene rings is 1. The minimum atomic E-state index is -0.278. The fourth-order valence-electron chi connectivity index (χ4n) is 1.87. The number of hydrogen-bond donors (Lipinski definition) is 3. The summed E-state index contributed by atoms with van der Waals surface area (Å²) in [5, 5.41) is 14.2. The van der Waals surface area contributed by atoms with Crippen LogP contribution in [-0.2, 0) is 6.54 Å². The average molecular weight is 232 g/mol. The van der Waals surface area contributed by atoms with Gasteiger partial charge in [0, 0.05) is 30.2 Å². The van der Waals surface area contributed by atoms with Crippen LogP contribution < -0.4 is 5.32 Å². The lowest BCUT2D eigenvalue weighted by Gasteiger charge is -2.14. The summed E-state index contributed by atoms with van der Waals surface area (Å²) in [6.45, 7) is 5.47. The number of aromatic amines is 1. The zero-order valence-electron chi connectivity index (χ0n) is 10.4. The maximum Gasteiger partial charge on any atom is 0.0687 e. The Morgan fingerprint density at radius 3 is 2.82 bits per heavy atom. The Balaban J connectivity index is 1.95. The second-order valence-electron chi connectivity index (χ2n) is 4.80. The average Bonchev–Trinajstić information content (AvgIpc) is 2.72. The highest BCUT2D eigenvalue weighted by molar-refractivity contribution is 5.82. The van der Waals surface area contributed by atoms with Crippen LogP contribution in [-0.4, -0.2) is 22.7 Å². The summed E-state index contributed by atoms with van der Waals surface area (Å²) in [7, 11) is 0. The number of aromatic nitrogens is 1. The molecule has 0 aliphatic heterocycles. The highest BCUT2D eigenvalue weighted by Crippen LogP contribution is 2.17. The van der Waals surface area contributed by atoms with Crippen molar-refractivity contribution in [3.63, 3.8) is 0 Å². The number of fused-ring (bicyclic) bond motifs is 1. The van der Waals surface area contributed by atoms with Crippen molar-refractivity contribution in [2.75, 3.05) is 6.54 Å². The molecule has 0 bridgehead atoms. The van der Waals surface area contributed by atoms with E-state index in [9.17, 15) is 5.11 Å². The zero-order valence-corrected chi connectivity index (χ0v) is 10.4. The monoisotopic (exact) mass is 232 g/mol. The summed E-state index contributed by atoms with van der Waals surface area (Å²) in [5.41, 5.74) is 2.41. The summed E-state index contributed by atoms with van der Waals surface area (Å²) in [6, 6.07) is 8.25. The van der Waals surface area contributed by atoms with E-state index in [0.717, 1.165) is 12.1 Å². The van der Waals surface area contributed by atoms with Gasteiger partial charge in [0.15, 0.2) is 0 Å². The fraction of sp³-hybridized carbons (Fsp3) is 0.429. The molecule has 0 aliphatic carbocycles. The van der Waals surface area contributed by atoms with E-state index in [1.165, 1.54) is 10.9 Å². The molecule has 17 heavy (non-hydrogen) atoms. The number of nitrogens with one attached hydrogen (secondary N) is 2. The van der Waals surface area contributed by atoms with Crippen molar-refractivity contribution in [1.82, 2.24) is 10.3 Å². The number of H-pyrrole nitrogens is 1. The van der Waals surface area contributed by atoms with E-state index < -0.39 is 0 Å². The van der Waals surface area contributed by atoms with Crippen molar-refractivity contribution in [3.8, 4) is 0 Å². The quantitative estimate of drug-likeness (QED) is 0.740. The molecule has 3 heteroatoms. The molecule has 0 aliphatic rings. The highest BCUT2D eigenvalue weighted by Gasteiger charge is 2.08. The Bertz CT molecular complexity index is 476. The SMILES string of the molecule is CC(C)C(O)CNCc1c[nH]c2ccccc12. The predicted molar refractivity (Wildman–Crippen MR) is 70.9 cm³/mol. The second kappa shape index (κ2) is 5.34. The van der Waals surface area contributed by atoms with Crippen LogP contribution in [0.4, 0.5) is 0 Å². The van der Waals surface area contributed by atoms with Crippen molar-refractivity contribution in [1.29, 1.82) is 0 Å². The first-order chi connectivity index (χ1) is 8.18. The second-order valence-corrected chi connectivity index (χ2v) is 4.80. The molecule has 0 saturated carbocycles. The third-order valence-electron chi connectivity index (χ3n) is 3.11. The highest BCUT2D eigenvalue weighted by atomic mass is 16.3. The molecule has 0 saturated heterocycles. The van der Waals surface area contributed by atoms with Gasteiger partial charge in [-0.05, 0) is 17.5 Å².